The summed E-state index contributed by atoms with van der Waals surface area (Å²) in [6, 6.07) is 20.0. The summed E-state index contributed by atoms with van der Waals surface area (Å²) >= 11 is 5.92. The van der Waals surface area contributed by atoms with Crippen molar-refractivity contribution in [2.45, 2.75) is 26.5 Å². The van der Waals surface area contributed by atoms with Crippen LogP contribution in [-0.4, -0.2) is 64.1 Å². The lowest BCUT2D eigenvalue weighted by atomic mass is 10.1. The fourth-order valence-corrected chi connectivity index (χ4v) is 4.97. The topological polar surface area (TPSA) is 76.9 Å². The van der Waals surface area contributed by atoms with Gasteiger partial charge in [-0.2, -0.15) is 0 Å². The number of piperazine rings is 1. The van der Waals surface area contributed by atoms with E-state index < -0.39 is 0 Å². The number of halogens is 1. The van der Waals surface area contributed by atoms with Gasteiger partial charge in [0.25, 0.3) is 11.5 Å². The van der Waals surface area contributed by atoms with E-state index in [-0.39, 0.29) is 24.2 Å². The summed E-state index contributed by atoms with van der Waals surface area (Å²) < 4.78 is 13.4. The van der Waals surface area contributed by atoms with Crippen LogP contribution in [0.3, 0.4) is 0 Å². The molecule has 2 heterocycles. The Balaban J connectivity index is 1.38. The number of carbonyl (C=O) groups excluding carboxylic acids is 1. The van der Waals surface area contributed by atoms with Gasteiger partial charge in [-0.15, -0.1) is 0 Å². The van der Waals surface area contributed by atoms with Crippen LogP contribution in [-0.2, 0) is 11.3 Å². The van der Waals surface area contributed by atoms with E-state index in [2.05, 4.69) is 11.5 Å². The minimum absolute atomic E-state index is 0.0360. The first-order valence-electron chi connectivity index (χ1n) is 13.6. The molecule has 3 aromatic carbocycles. The summed E-state index contributed by atoms with van der Waals surface area (Å²) in [4.78, 5) is 35.7. The van der Waals surface area contributed by atoms with Gasteiger partial charge in [-0.05, 0) is 67.9 Å². The van der Waals surface area contributed by atoms with E-state index in [1.165, 1.54) is 0 Å². The number of nitrogens with zero attached hydrogens (tertiary/aromatic N) is 4. The summed E-state index contributed by atoms with van der Waals surface area (Å²) in [5, 5.41) is 1.15. The van der Waals surface area contributed by atoms with Crippen molar-refractivity contribution >= 4 is 34.5 Å². The Hall–Kier alpha value is -4.14. The van der Waals surface area contributed by atoms with Gasteiger partial charge in [0.05, 0.1) is 29.2 Å². The fourth-order valence-electron chi connectivity index (χ4n) is 4.85. The van der Waals surface area contributed by atoms with E-state index in [9.17, 15) is 9.59 Å². The van der Waals surface area contributed by atoms with E-state index in [1.54, 1.807) is 45.9 Å². The predicted octanol–water partition coefficient (Wildman–Crippen LogP) is 5.19. The van der Waals surface area contributed by atoms with E-state index >= 15 is 0 Å². The second-order valence-electron chi connectivity index (χ2n) is 10.2. The molecule has 0 N–H and O–H groups in total. The van der Waals surface area contributed by atoms with Crippen molar-refractivity contribution in [3.63, 3.8) is 0 Å². The van der Waals surface area contributed by atoms with Gasteiger partial charge in [-0.3, -0.25) is 19.1 Å². The molecule has 1 saturated heterocycles. The maximum absolute atomic E-state index is 13.9. The summed E-state index contributed by atoms with van der Waals surface area (Å²) in [5.41, 5.74) is 1.98. The van der Waals surface area contributed by atoms with Gasteiger partial charge < -0.3 is 14.4 Å². The van der Waals surface area contributed by atoms with Crippen molar-refractivity contribution in [3.8, 4) is 17.2 Å². The zero-order valence-corrected chi connectivity index (χ0v) is 24.0. The molecule has 0 unspecified atom stereocenters. The fraction of sp³-hybridized carbons (Fsp3) is 0.281. The van der Waals surface area contributed by atoms with Crippen LogP contribution in [0.25, 0.3) is 22.7 Å². The summed E-state index contributed by atoms with van der Waals surface area (Å²) in [5.74, 6) is 1.73. The maximum atomic E-state index is 13.9. The molecule has 0 aliphatic carbocycles. The molecule has 0 saturated carbocycles. The Bertz CT molecular complexity index is 1610. The number of amides is 1. The standard InChI is InChI=1S/C32H33ClN4O4/c1-4-23-9-14-29(41-22(2)3)28(19-23)37-30(34-27-8-6-5-7-26(27)32(37)39)20-35-15-17-36(18-16-35)31(38)21-40-25-12-10-24(33)11-13-25/h4-14,19,22H,1,15-18,20-21H2,2-3H3. The van der Waals surface area contributed by atoms with Crippen LogP contribution >= 0.6 is 11.6 Å². The van der Waals surface area contributed by atoms with E-state index in [0.717, 1.165) is 5.56 Å². The van der Waals surface area contributed by atoms with Crippen molar-refractivity contribution in [2.24, 2.45) is 0 Å². The highest BCUT2D eigenvalue weighted by molar-refractivity contribution is 6.30. The number of para-hydroxylation sites is 1. The van der Waals surface area contributed by atoms with Gasteiger partial charge in [0.15, 0.2) is 6.61 Å². The third-order valence-corrected chi connectivity index (χ3v) is 7.19. The number of fused-ring (bicyclic) bond motifs is 1. The molecule has 41 heavy (non-hydrogen) atoms. The molecular formula is C32H33ClN4O4. The third-order valence-electron chi connectivity index (χ3n) is 6.93. The molecule has 9 heteroatoms. The lowest BCUT2D eigenvalue weighted by molar-refractivity contribution is -0.135. The van der Waals surface area contributed by atoms with Crippen molar-refractivity contribution in [1.82, 2.24) is 19.4 Å². The van der Waals surface area contributed by atoms with Crippen molar-refractivity contribution in [1.29, 1.82) is 0 Å². The smallest absolute Gasteiger partial charge is 0.266 e. The molecular weight excluding hydrogens is 540 g/mol. The number of benzene rings is 3. The van der Waals surface area contributed by atoms with E-state index in [4.69, 9.17) is 26.1 Å². The zero-order chi connectivity index (χ0) is 28.9. The highest BCUT2D eigenvalue weighted by atomic mass is 35.5. The van der Waals surface area contributed by atoms with Crippen LogP contribution in [0.15, 0.2) is 78.1 Å². The monoisotopic (exact) mass is 572 g/mol. The van der Waals surface area contributed by atoms with Crippen LogP contribution < -0.4 is 15.0 Å². The number of hydrogen-bond donors (Lipinski definition) is 0. The number of ether oxygens (including phenoxy) is 2. The molecule has 5 rings (SSSR count). The van der Waals surface area contributed by atoms with Crippen LogP contribution in [0.5, 0.6) is 11.5 Å². The van der Waals surface area contributed by atoms with Crippen LogP contribution in [0.2, 0.25) is 5.02 Å². The molecule has 0 atom stereocenters. The number of carbonyl (C=O) groups is 1. The molecule has 4 aromatic rings. The highest BCUT2D eigenvalue weighted by Gasteiger charge is 2.24. The first kappa shape index (κ1) is 28.4. The number of aromatic nitrogens is 2. The Morgan fingerprint density at radius 2 is 1.78 bits per heavy atom. The molecule has 8 nitrogen and oxygen atoms in total. The van der Waals surface area contributed by atoms with Gasteiger partial charge in [0.1, 0.15) is 17.3 Å². The summed E-state index contributed by atoms with van der Waals surface area (Å²) in [6.45, 7) is 10.6. The Morgan fingerprint density at radius 1 is 1.05 bits per heavy atom. The first-order chi connectivity index (χ1) is 19.8. The van der Waals surface area contributed by atoms with Crippen LogP contribution in [0, 0.1) is 0 Å². The second kappa shape index (κ2) is 12.6. The SMILES string of the molecule is C=Cc1ccc(OC(C)C)c(-n2c(CN3CCN(C(=O)COc4ccc(Cl)cc4)CC3)nc3ccccc3c2=O)c1. The minimum Gasteiger partial charge on any atom is -0.489 e. The Kier molecular flexibility index (Phi) is 8.71. The summed E-state index contributed by atoms with van der Waals surface area (Å²) in [6.07, 6.45) is 1.67. The quantitative estimate of drug-likeness (QED) is 0.275. The third kappa shape index (κ3) is 6.61. The molecule has 0 bridgehead atoms. The maximum Gasteiger partial charge on any atom is 0.266 e. The van der Waals surface area contributed by atoms with E-state index in [0.29, 0.717) is 71.7 Å². The second-order valence-corrected chi connectivity index (χ2v) is 10.6. The van der Waals surface area contributed by atoms with Gasteiger partial charge in [-0.1, -0.05) is 42.5 Å². The van der Waals surface area contributed by atoms with Gasteiger partial charge in [0, 0.05) is 31.2 Å². The normalized spacial score (nSPS) is 13.9. The van der Waals surface area contributed by atoms with Crippen molar-refractivity contribution < 1.29 is 14.3 Å². The molecule has 1 fully saturated rings. The Morgan fingerprint density at radius 3 is 2.49 bits per heavy atom. The van der Waals surface area contributed by atoms with Crippen LogP contribution in [0.4, 0.5) is 0 Å². The minimum atomic E-state index is -0.159. The van der Waals surface area contributed by atoms with Crippen LogP contribution in [0.1, 0.15) is 25.2 Å². The lowest BCUT2D eigenvalue weighted by Crippen LogP contribution is -2.50. The summed E-state index contributed by atoms with van der Waals surface area (Å²) in [7, 11) is 0. The van der Waals surface area contributed by atoms with Gasteiger partial charge >= 0.3 is 0 Å². The van der Waals surface area contributed by atoms with E-state index in [1.807, 2.05) is 50.2 Å². The molecule has 0 radical (unpaired) electrons. The van der Waals surface area contributed by atoms with Crippen molar-refractivity contribution in [3.05, 3.63) is 100 Å². The zero-order valence-electron chi connectivity index (χ0n) is 23.3. The predicted molar refractivity (Wildman–Crippen MR) is 162 cm³/mol. The highest BCUT2D eigenvalue weighted by Crippen LogP contribution is 2.27. The first-order valence-corrected chi connectivity index (χ1v) is 14.0. The number of rotatable bonds is 9. The molecule has 212 valence electrons. The van der Waals surface area contributed by atoms with Crippen molar-refractivity contribution in [2.75, 3.05) is 32.8 Å². The molecule has 1 amide bonds. The molecule has 0 spiro atoms. The molecule has 1 aliphatic rings. The van der Waals surface area contributed by atoms with Gasteiger partial charge in [0.2, 0.25) is 0 Å². The van der Waals surface area contributed by atoms with Gasteiger partial charge in [-0.25, -0.2) is 4.98 Å². The lowest BCUT2D eigenvalue weighted by Gasteiger charge is -2.34. The number of hydrogen-bond acceptors (Lipinski definition) is 6. The molecule has 1 aliphatic heterocycles. The average molecular weight is 573 g/mol. The largest absolute Gasteiger partial charge is 0.489 e. The average Bonchev–Trinajstić information content (AvgIpc) is 2.97. The Labute approximate surface area is 244 Å². The molecule has 1 aromatic heterocycles.